The van der Waals surface area contributed by atoms with Gasteiger partial charge in [-0.2, -0.15) is 0 Å². The maximum absolute atomic E-state index is 6.32. The van der Waals surface area contributed by atoms with Gasteiger partial charge in [-0.15, -0.1) is 0 Å². The molecule has 0 amide bonds. The van der Waals surface area contributed by atoms with Crippen molar-refractivity contribution in [3.05, 3.63) is 186 Å². The van der Waals surface area contributed by atoms with Gasteiger partial charge in [0.25, 0.3) is 6.71 Å². The van der Waals surface area contributed by atoms with Crippen molar-refractivity contribution in [1.29, 1.82) is 0 Å². The van der Waals surface area contributed by atoms with E-state index in [-0.39, 0.29) is 28.4 Å². The van der Waals surface area contributed by atoms with Gasteiger partial charge in [0.05, 0.1) is 0 Å². The number of furan rings is 1. The lowest BCUT2D eigenvalue weighted by Crippen LogP contribution is -2.61. The molecule has 0 radical (unpaired) electrons. The fraction of sp³-hybridized carbons (Fsp3) is 0.262. The molecule has 0 N–H and O–H groups in total. The largest absolute Gasteiger partial charge is 0.456 e. The van der Waals surface area contributed by atoms with Crippen molar-refractivity contribution < 1.29 is 4.42 Å². The normalized spacial score (nSPS) is 13.8. The highest BCUT2D eigenvalue weighted by Gasteiger charge is 2.44. The summed E-state index contributed by atoms with van der Waals surface area (Å²) in [5.41, 5.74) is 24.6. The molecule has 0 aliphatic carbocycles. The molecule has 0 bridgehead atoms. The number of anilines is 6. The third kappa shape index (κ3) is 7.68. The Balaban J connectivity index is 1.08. The molecule has 4 heteroatoms. The van der Waals surface area contributed by atoms with Crippen LogP contribution < -0.4 is 26.2 Å². The Morgan fingerprint density at radius 1 is 0.348 bits per heavy atom. The van der Waals surface area contributed by atoms with Gasteiger partial charge in [-0.1, -0.05) is 168 Å². The average Bonchev–Trinajstić information content (AvgIpc) is 3.67. The van der Waals surface area contributed by atoms with Gasteiger partial charge < -0.3 is 14.2 Å². The number of hydrogen-bond acceptors (Lipinski definition) is 3. The van der Waals surface area contributed by atoms with Crippen molar-refractivity contribution in [2.24, 2.45) is 0 Å². The highest BCUT2D eigenvalue weighted by molar-refractivity contribution is 7.00. The predicted octanol–water partition coefficient (Wildman–Crippen LogP) is 16.5. The maximum Gasteiger partial charge on any atom is 0.252 e. The summed E-state index contributed by atoms with van der Waals surface area (Å²) in [5.74, 6) is 0. The van der Waals surface area contributed by atoms with E-state index in [4.69, 9.17) is 4.42 Å². The van der Waals surface area contributed by atoms with Crippen LogP contribution in [0.25, 0.3) is 44.2 Å². The van der Waals surface area contributed by atoms with E-state index in [1.165, 1.54) is 100 Å². The lowest BCUT2D eigenvalue weighted by molar-refractivity contribution is 0.590. The summed E-state index contributed by atoms with van der Waals surface area (Å²) in [6.07, 6.45) is 0. The molecule has 3 nitrogen and oxygen atoms in total. The van der Waals surface area contributed by atoms with Gasteiger partial charge in [0, 0.05) is 44.9 Å². The van der Waals surface area contributed by atoms with Gasteiger partial charge in [-0.05, 0) is 168 Å². The van der Waals surface area contributed by atoms with Crippen LogP contribution in [0.4, 0.5) is 34.1 Å². The summed E-state index contributed by atoms with van der Waals surface area (Å²) >= 11 is 0. The van der Waals surface area contributed by atoms with Crippen LogP contribution in [-0.4, -0.2) is 6.71 Å². The Morgan fingerprint density at radius 3 is 1.30 bits per heavy atom. The third-order valence-electron chi connectivity index (χ3n) is 14.9. The standard InChI is InChI=1S/C65H65BN2O/c1-40-34-57-61-58(35-40)68(50-28-22-46(23-29-50)63(5,6)7)56-37-44(42-16-14-41(15-17-42)43-19-32-59-51(36-43)52-38-47(64(8,9)10)25-33-60(52)69-59)18-30-53(56)66(61)54-39-48(65(11,12)13)24-31-55(54)67(57)49-26-20-45(21-27-49)62(2,3)4/h14-39H,1-13H3. The fourth-order valence-corrected chi connectivity index (χ4v) is 10.8. The van der Waals surface area contributed by atoms with Gasteiger partial charge in [0.1, 0.15) is 11.2 Å². The molecule has 0 saturated carbocycles. The van der Waals surface area contributed by atoms with E-state index in [9.17, 15) is 0 Å². The first-order chi connectivity index (χ1) is 32.6. The molecule has 9 aromatic rings. The zero-order valence-corrected chi connectivity index (χ0v) is 42.9. The molecule has 1 aromatic heterocycles. The highest BCUT2D eigenvalue weighted by Crippen LogP contribution is 2.47. The summed E-state index contributed by atoms with van der Waals surface area (Å²) < 4.78 is 6.32. The molecule has 0 fully saturated rings. The Bertz CT molecular complexity index is 3470. The number of hydrogen-bond donors (Lipinski definition) is 0. The minimum Gasteiger partial charge on any atom is -0.456 e. The van der Waals surface area contributed by atoms with Crippen LogP contribution in [-0.2, 0) is 21.7 Å². The van der Waals surface area contributed by atoms with Gasteiger partial charge in [0.15, 0.2) is 0 Å². The van der Waals surface area contributed by atoms with Crippen LogP contribution in [0.2, 0.25) is 0 Å². The molecular weight excluding hydrogens is 836 g/mol. The van der Waals surface area contributed by atoms with Crippen molar-refractivity contribution in [1.82, 2.24) is 0 Å². The molecule has 3 heterocycles. The molecule has 0 spiro atoms. The summed E-state index contributed by atoms with van der Waals surface area (Å²) in [5, 5.41) is 2.33. The van der Waals surface area contributed by atoms with E-state index in [1.807, 2.05) is 0 Å². The smallest absolute Gasteiger partial charge is 0.252 e. The maximum atomic E-state index is 6.32. The molecule has 69 heavy (non-hydrogen) atoms. The van der Waals surface area contributed by atoms with E-state index in [0.717, 1.165) is 22.2 Å². The SMILES string of the molecule is Cc1cc2c3c(c1)N(c1ccc(C(C)(C)C)cc1)c1cc(-c4ccc(-c5ccc6oc7ccc(C(C)(C)C)cc7c6c5)cc4)ccc1B3c1cc(C(C)(C)C)ccc1N2c1ccc(C(C)(C)C)cc1. The van der Waals surface area contributed by atoms with E-state index in [2.05, 4.69) is 258 Å². The topological polar surface area (TPSA) is 19.6 Å². The highest BCUT2D eigenvalue weighted by atomic mass is 16.3. The predicted molar refractivity (Wildman–Crippen MR) is 298 cm³/mol. The van der Waals surface area contributed by atoms with Crippen molar-refractivity contribution in [3.8, 4) is 22.3 Å². The second kappa shape index (κ2) is 15.6. The Hall–Kier alpha value is -6.78. The number of benzene rings is 8. The number of aryl methyl sites for hydroxylation is 1. The zero-order chi connectivity index (χ0) is 48.5. The van der Waals surface area contributed by atoms with Crippen LogP contribution in [0.1, 0.15) is 111 Å². The summed E-state index contributed by atoms with van der Waals surface area (Å²) in [7, 11) is 0. The Kier molecular flexibility index (Phi) is 10.1. The Labute approximate surface area is 410 Å². The number of fused-ring (bicyclic) bond motifs is 7. The molecule has 344 valence electrons. The van der Waals surface area contributed by atoms with Crippen LogP contribution in [0.15, 0.2) is 162 Å². The van der Waals surface area contributed by atoms with Gasteiger partial charge >= 0.3 is 0 Å². The first kappa shape index (κ1) is 44.7. The molecule has 0 unspecified atom stereocenters. The first-order valence-corrected chi connectivity index (χ1v) is 24.9. The molecule has 0 saturated heterocycles. The van der Waals surface area contributed by atoms with E-state index in [1.54, 1.807) is 0 Å². The van der Waals surface area contributed by atoms with Crippen molar-refractivity contribution in [2.75, 3.05) is 9.80 Å². The third-order valence-corrected chi connectivity index (χ3v) is 14.9. The lowest BCUT2D eigenvalue weighted by Gasteiger charge is -2.45. The number of nitrogens with zero attached hydrogens (tertiary/aromatic N) is 2. The molecule has 8 aromatic carbocycles. The van der Waals surface area contributed by atoms with E-state index in [0.29, 0.717) is 0 Å². The first-order valence-electron chi connectivity index (χ1n) is 24.9. The second-order valence-corrected chi connectivity index (χ2v) is 24.1. The van der Waals surface area contributed by atoms with Crippen LogP contribution in [0, 0.1) is 6.92 Å². The molecule has 2 aliphatic rings. The van der Waals surface area contributed by atoms with Crippen molar-refractivity contribution in [3.63, 3.8) is 0 Å². The molecular formula is C65H65BN2O. The Morgan fingerprint density at radius 2 is 0.768 bits per heavy atom. The van der Waals surface area contributed by atoms with E-state index < -0.39 is 0 Å². The molecule has 0 atom stereocenters. The second-order valence-electron chi connectivity index (χ2n) is 24.1. The van der Waals surface area contributed by atoms with Gasteiger partial charge in [-0.25, -0.2) is 0 Å². The van der Waals surface area contributed by atoms with Crippen molar-refractivity contribution in [2.45, 2.75) is 112 Å². The van der Waals surface area contributed by atoms with Crippen LogP contribution in [0.5, 0.6) is 0 Å². The minimum absolute atomic E-state index is 0.0210. The van der Waals surface area contributed by atoms with Gasteiger partial charge in [-0.3, -0.25) is 0 Å². The zero-order valence-electron chi connectivity index (χ0n) is 42.9. The minimum atomic E-state index is -0.0210. The fourth-order valence-electron chi connectivity index (χ4n) is 10.8. The quantitative estimate of drug-likeness (QED) is 0.164. The molecule has 2 aliphatic heterocycles. The van der Waals surface area contributed by atoms with Crippen LogP contribution in [0.3, 0.4) is 0 Å². The number of rotatable bonds is 4. The lowest BCUT2D eigenvalue weighted by atomic mass is 9.33. The summed E-state index contributed by atoms with van der Waals surface area (Å²) in [4.78, 5) is 5.09. The summed E-state index contributed by atoms with van der Waals surface area (Å²) in [6.45, 7) is 29.8. The van der Waals surface area contributed by atoms with Gasteiger partial charge in [0.2, 0.25) is 0 Å². The van der Waals surface area contributed by atoms with Crippen LogP contribution >= 0.6 is 0 Å². The van der Waals surface area contributed by atoms with E-state index >= 15 is 0 Å². The monoisotopic (exact) mass is 901 g/mol. The van der Waals surface area contributed by atoms with Crippen molar-refractivity contribution >= 4 is 79.2 Å². The molecule has 11 rings (SSSR count). The average molecular weight is 901 g/mol. The summed E-state index contributed by atoms with van der Waals surface area (Å²) in [6, 6.07) is 60.4.